The number of aromatic nitrogens is 2. The molecular formula is C14H25N3O2. The van der Waals surface area contributed by atoms with Crippen LogP contribution in [0.4, 0.5) is 5.95 Å². The van der Waals surface area contributed by atoms with Gasteiger partial charge < -0.3 is 19.4 Å². The van der Waals surface area contributed by atoms with Crippen molar-refractivity contribution in [3.05, 3.63) is 11.9 Å². The van der Waals surface area contributed by atoms with Crippen LogP contribution in [-0.2, 0) is 9.47 Å². The molecule has 5 heteroatoms. The molecule has 1 aliphatic heterocycles. The third-order valence-electron chi connectivity index (χ3n) is 3.73. The molecule has 1 N–H and O–H groups in total. The van der Waals surface area contributed by atoms with E-state index >= 15 is 0 Å². The molecule has 3 unspecified atom stereocenters. The van der Waals surface area contributed by atoms with Gasteiger partial charge in [-0.2, -0.15) is 0 Å². The smallest absolute Gasteiger partial charge is 0.203 e. The molecule has 3 atom stereocenters. The van der Waals surface area contributed by atoms with Crippen molar-refractivity contribution in [3.8, 4) is 0 Å². The summed E-state index contributed by atoms with van der Waals surface area (Å²) in [7, 11) is 1.72. The second-order valence-electron chi connectivity index (χ2n) is 5.48. The Morgan fingerprint density at radius 3 is 3.00 bits per heavy atom. The predicted molar refractivity (Wildman–Crippen MR) is 75.6 cm³/mol. The van der Waals surface area contributed by atoms with Crippen LogP contribution in [-0.4, -0.2) is 42.5 Å². The molecule has 0 amide bonds. The topological polar surface area (TPSA) is 48.3 Å². The van der Waals surface area contributed by atoms with Gasteiger partial charge >= 0.3 is 0 Å². The molecule has 1 aromatic heterocycles. The van der Waals surface area contributed by atoms with Gasteiger partial charge in [0.05, 0.1) is 18.9 Å². The maximum Gasteiger partial charge on any atom is 0.203 e. The summed E-state index contributed by atoms with van der Waals surface area (Å²) < 4.78 is 12.9. The summed E-state index contributed by atoms with van der Waals surface area (Å²) in [6.45, 7) is 8.78. The van der Waals surface area contributed by atoms with E-state index in [4.69, 9.17) is 9.47 Å². The Balaban J connectivity index is 2.10. The van der Waals surface area contributed by atoms with Crippen molar-refractivity contribution in [3.63, 3.8) is 0 Å². The monoisotopic (exact) mass is 267 g/mol. The lowest BCUT2D eigenvalue weighted by atomic mass is 10.0. The van der Waals surface area contributed by atoms with Gasteiger partial charge in [0.1, 0.15) is 0 Å². The molecule has 1 aliphatic rings. The summed E-state index contributed by atoms with van der Waals surface area (Å²) in [5.41, 5.74) is 1.04. The van der Waals surface area contributed by atoms with Crippen LogP contribution in [0.2, 0.25) is 0 Å². The van der Waals surface area contributed by atoms with Gasteiger partial charge in [-0.3, -0.25) is 0 Å². The molecule has 0 saturated carbocycles. The SMILES string of the molecule is COCC(C)Nc1nc(C)cn1C(C)C1CCOC1. The highest BCUT2D eigenvalue weighted by atomic mass is 16.5. The maximum atomic E-state index is 5.49. The maximum absolute atomic E-state index is 5.49. The normalized spacial score (nSPS) is 22.4. The van der Waals surface area contributed by atoms with E-state index in [2.05, 4.69) is 34.9 Å². The molecule has 1 fully saturated rings. The minimum Gasteiger partial charge on any atom is -0.383 e. The molecule has 1 aromatic rings. The standard InChI is InChI=1S/C14H25N3O2/c1-10-7-17(12(3)13-5-6-19-9-13)14(15-10)16-11(2)8-18-4/h7,11-13H,5-6,8-9H2,1-4H3,(H,15,16). The summed E-state index contributed by atoms with van der Waals surface area (Å²) in [4.78, 5) is 4.58. The van der Waals surface area contributed by atoms with Gasteiger partial charge in [0.25, 0.3) is 0 Å². The van der Waals surface area contributed by atoms with E-state index in [-0.39, 0.29) is 6.04 Å². The first-order valence-corrected chi connectivity index (χ1v) is 7.00. The minimum atomic E-state index is 0.248. The molecule has 2 rings (SSSR count). The first-order valence-electron chi connectivity index (χ1n) is 7.00. The van der Waals surface area contributed by atoms with E-state index in [1.165, 1.54) is 0 Å². The van der Waals surface area contributed by atoms with Crippen LogP contribution in [0.3, 0.4) is 0 Å². The molecule has 5 nitrogen and oxygen atoms in total. The van der Waals surface area contributed by atoms with Crippen LogP contribution in [0.15, 0.2) is 6.20 Å². The number of imidazole rings is 1. The molecule has 0 aliphatic carbocycles. The predicted octanol–water partition coefficient (Wildman–Crippen LogP) is 2.24. The van der Waals surface area contributed by atoms with E-state index in [0.29, 0.717) is 18.6 Å². The van der Waals surface area contributed by atoms with Crippen molar-refractivity contribution in [2.45, 2.75) is 39.3 Å². The van der Waals surface area contributed by atoms with Crippen LogP contribution in [0, 0.1) is 12.8 Å². The van der Waals surface area contributed by atoms with Crippen molar-refractivity contribution >= 4 is 5.95 Å². The fraction of sp³-hybridized carbons (Fsp3) is 0.786. The quantitative estimate of drug-likeness (QED) is 0.858. The Labute approximate surface area is 115 Å². The first kappa shape index (κ1) is 14.3. The van der Waals surface area contributed by atoms with Gasteiger partial charge in [0.2, 0.25) is 5.95 Å². The van der Waals surface area contributed by atoms with E-state index in [1.807, 2.05) is 6.92 Å². The molecule has 0 spiro atoms. The van der Waals surface area contributed by atoms with Crippen molar-refractivity contribution < 1.29 is 9.47 Å². The second kappa shape index (κ2) is 6.39. The van der Waals surface area contributed by atoms with Crippen molar-refractivity contribution in [1.29, 1.82) is 0 Å². The van der Waals surface area contributed by atoms with Crippen molar-refractivity contribution in [2.24, 2.45) is 5.92 Å². The zero-order valence-electron chi connectivity index (χ0n) is 12.3. The van der Waals surface area contributed by atoms with Gasteiger partial charge in [0.15, 0.2) is 0 Å². The number of rotatable bonds is 6. The largest absolute Gasteiger partial charge is 0.383 e. The van der Waals surface area contributed by atoms with E-state index in [0.717, 1.165) is 31.3 Å². The molecule has 2 heterocycles. The Morgan fingerprint density at radius 1 is 1.58 bits per heavy atom. The highest BCUT2D eigenvalue weighted by Gasteiger charge is 2.25. The van der Waals surface area contributed by atoms with Gasteiger partial charge in [-0.15, -0.1) is 0 Å². The van der Waals surface area contributed by atoms with Crippen LogP contribution in [0.5, 0.6) is 0 Å². The highest BCUT2D eigenvalue weighted by Crippen LogP contribution is 2.29. The number of nitrogens with zero attached hydrogens (tertiary/aromatic N) is 2. The van der Waals surface area contributed by atoms with Crippen LogP contribution in [0.1, 0.15) is 32.0 Å². The van der Waals surface area contributed by atoms with Crippen LogP contribution >= 0.6 is 0 Å². The third kappa shape index (κ3) is 3.48. The molecule has 1 saturated heterocycles. The van der Waals surface area contributed by atoms with Gasteiger partial charge in [-0.25, -0.2) is 4.98 Å². The molecular weight excluding hydrogens is 242 g/mol. The van der Waals surface area contributed by atoms with Gasteiger partial charge in [-0.05, 0) is 27.2 Å². The minimum absolute atomic E-state index is 0.248. The Hall–Kier alpha value is -1.07. The Morgan fingerprint density at radius 2 is 2.37 bits per heavy atom. The number of aryl methyl sites for hydroxylation is 1. The summed E-state index contributed by atoms with van der Waals surface area (Å²) in [5.74, 6) is 1.51. The van der Waals surface area contributed by atoms with Crippen LogP contribution < -0.4 is 5.32 Å². The van der Waals surface area contributed by atoms with Crippen molar-refractivity contribution in [1.82, 2.24) is 9.55 Å². The van der Waals surface area contributed by atoms with E-state index in [9.17, 15) is 0 Å². The molecule has 0 radical (unpaired) electrons. The lowest BCUT2D eigenvalue weighted by Crippen LogP contribution is -2.25. The second-order valence-corrected chi connectivity index (χ2v) is 5.48. The van der Waals surface area contributed by atoms with Gasteiger partial charge in [0, 0.05) is 37.9 Å². The molecule has 0 bridgehead atoms. The number of ether oxygens (including phenoxy) is 2. The van der Waals surface area contributed by atoms with E-state index in [1.54, 1.807) is 7.11 Å². The molecule has 0 aromatic carbocycles. The number of nitrogens with one attached hydrogen (secondary N) is 1. The number of hydrogen-bond acceptors (Lipinski definition) is 4. The lowest BCUT2D eigenvalue weighted by Gasteiger charge is -2.23. The Kier molecular flexibility index (Phi) is 4.82. The number of anilines is 1. The summed E-state index contributed by atoms with van der Waals surface area (Å²) in [6.07, 6.45) is 3.25. The van der Waals surface area contributed by atoms with Gasteiger partial charge in [-0.1, -0.05) is 0 Å². The third-order valence-corrected chi connectivity index (χ3v) is 3.73. The summed E-state index contributed by atoms with van der Waals surface area (Å²) in [6, 6.07) is 0.651. The zero-order valence-corrected chi connectivity index (χ0v) is 12.3. The highest BCUT2D eigenvalue weighted by molar-refractivity contribution is 5.31. The summed E-state index contributed by atoms with van der Waals surface area (Å²) >= 11 is 0. The van der Waals surface area contributed by atoms with Crippen LogP contribution in [0.25, 0.3) is 0 Å². The fourth-order valence-corrected chi connectivity index (χ4v) is 2.61. The zero-order chi connectivity index (χ0) is 13.8. The fourth-order valence-electron chi connectivity index (χ4n) is 2.61. The molecule has 108 valence electrons. The lowest BCUT2D eigenvalue weighted by molar-refractivity contribution is 0.175. The molecule has 19 heavy (non-hydrogen) atoms. The number of hydrogen-bond donors (Lipinski definition) is 1. The average Bonchev–Trinajstić information content (AvgIpc) is 2.98. The van der Waals surface area contributed by atoms with Crippen molar-refractivity contribution in [2.75, 3.05) is 32.2 Å². The van der Waals surface area contributed by atoms with E-state index < -0.39 is 0 Å². The first-order chi connectivity index (χ1) is 9.11. The number of methoxy groups -OCH3 is 1. The Bertz CT molecular complexity index is 399. The summed E-state index contributed by atoms with van der Waals surface area (Å²) in [5, 5.41) is 3.42. The average molecular weight is 267 g/mol.